The third-order valence-corrected chi connectivity index (χ3v) is 3.48. The lowest BCUT2D eigenvalue weighted by molar-refractivity contribution is -0.129. The Bertz CT molecular complexity index is 472. The van der Waals surface area contributed by atoms with E-state index < -0.39 is 11.5 Å². The van der Waals surface area contributed by atoms with E-state index in [1.54, 1.807) is 12.5 Å². The maximum Gasteiger partial charge on any atom is 0.155 e. The predicted molar refractivity (Wildman–Crippen MR) is 83.0 cm³/mol. The fourth-order valence-electron chi connectivity index (χ4n) is 2.25. The summed E-state index contributed by atoms with van der Waals surface area (Å²) in [5.74, 6) is 0.164. The Morgan fingerprint density at radius 3 is 2.33 bits per heavy atom. The lowest BCUT2D eigenvalue weighted by atomic mass is 9.84. The molecule has 1 unspecified atom stereocenters. The molecule has 1 aromatic rings. The third kappa shape index (κ3) is 5.08. The summed E-state index contributed by atoms with van der Waals surface area (Å²) in [6.45, 7) is 11.2. The molecule has 5 heteroatoms. The Hall–Kier alpha value is -1.49. The van der Waals surface area contributed by atoms with Crippen molar-refractivity contribution in [1.29, 1.82) is 0 Å². The van der Waals surface area contributed by atoms with E-state index in [9.17, 15) is 9.59 Å². The fraction of sp³-hybridized carbons (Fsp3) is 0.688. The number of aromatic nitrogens is 2. The van der Waals surface area contributed by atoms with Crippen molar-refractivity contribution >= 4 is 11.6 Å². The molecule has 0 aliphatic carbocycles. The normalized spacial score (nSPS) is 15.0. The van der Waals surface area contributed by atoms with Crippen molar-refractivity contribution in [2.24, 2.45) is 11.3 Å². The molecular formula is C16H27N3O2. The van der Waals surface area contributed by atoms with Crippen LogP contribution in [0.15, 0.2) is 12.5 Å². The summed E-state index contributed by atoms with van der Waals surface area (Å²) in [7, 11) is 0. The standard InChI is InChI=1S/C16H27N3O2/c1-10(2)14(20)11(3)19-13(15(21)16(4,5)6)7-12-8-17-9-18-12/h8-11,13,19H,7H2,1-6H3,(H,17,18)/t11?,13-/m0/s1. The number of hydrogen-bond donors (Lipinski definition) is 2. The summed E-state index contributed by atoms with van der Waals surface area (Å²) in [5.41, 5.74) is 0.424. The van der Waals surface area contributed by atoms with Gasteiger partial charge in [0.1, 0.15) is 0 Å². The molecule has 1 rings (SSSR count). The highest BCUT2D eigenvalue weighted by molar-refractivity contribution is 5.90. The molecule has 0 spiro atoms. The number of H-pyrrole nitrogens is 1. The van der Waals surface area contributed by atoms with Crippen LogP contribution < -0.4 is 5.32 Å². The van der Waals surface area contributed by atoms with Crippen molar-refractivity contribution in [2.75, 3.05) is 0 Å². The van der Waals surface area contributed by atoms with Gasteiger partial charge in [-0.3, -0.25) is 14.9 Å². The molecule has 0 aromatic carbocycles. The Balaban J connectivity index is 2.86. The molecule has 2 atom stereocenters. The number of Topliss-reactive ketones (excluding diaryl/α,β-unsaturated/α-hetero) is 2. The van der Waals surface area contributed by atoms with Crippen molar-refractivity contribution < 1.29 is 9.59 Å². The second kappa shape index (κ2) is 6.98. The van der Waals surface area contributed by atoms with Crippen LogP contribution in [-0.4, -0.2) is 33.6 Å². The summed E-state index contributed by atoms with van der Waals surface area (Å²) in [4.78, 5) is 31.7. The first-order valence-corrected chi connectivity index (χ1v) is 7.44. The van der Waals surface area contributed by atoms with Gasteiger partial charge in [-0.2, -0.15) is 0 Å². The summed E-state index contributed by atoms with van der Waals surface area (Å²) in [6.07, 6.45) is 3.81. The Labute approximate surface area is 126 Å². The van der Waals surface area contributed by atoms with Crippen molar-refractivity contribution in [3.8, 4) is 0 Å². The predicted octanol–water partition coefficient (Wildman–Crippen LogP) is 2.14. The van der Waals surface area contributed by atoms with E-state index in [0.29, 0.717) is 6.42 Å². The van der Waals surface area contributed by atoms with E-state index in [-0.39, 0.29) is 23.5 Å². The molecule has 0 saturated heterocycles. The highest BCUT2D eigenvalue weighted by Crippen LogP contribution is 2.19. The van der Waals surface area contributed by atoms with Crippen LogP contribution in [0.5, 0.6) is 0 Å². The number of rotatable bonds is 7. The molecule has 21 heavy (non-hydrogen) atoms. The molecule has 118 valence electrons. The molecule has 0 radical (unpaired) electrons. The van der Waals surface area contributed by atoms with Gasteiger partial charge in [0.15, 0.2) is 11.6 Å². The molecular weight excluding hydrogens is 266 g/mol. The van der Waals surface area contributed by atoms with Crippen molar-refractivity contribution in [2.45, 2.75) is 60.0 Å². The summed E-state index contributed by atoms with van der Waals surface area (Å²) in [5, 5.41) is 3.20. The Morgan fingerprint density at radius 2 is 1.90 bits per heavy atom. The molecule has 0 aliphatic rings. The van der Waals surface area contributed by atoms with Gasteiger partial charge in [0.25, 0.3) is 0 Å². The highest BCUT2D eigenvalue weighted by atomic mass is 16.1. The number of nitrogens with one attached hydrogen (secondary N) is 2. The van der Waals surface area contributed by atoms with E-state index in [4.69, 9.17) is 0 Å². The number of nitrogens with zero attached hydrogens (tertiary/aromatic N) is 1. The number of ketones is 2. The van der Waals surface area contributed by atoms with Gasteiger partial charge in [0.05, 0.1) is 18.4 Å². The van der Waals surface area contributed by atoms with E-state index in [2.05, 4.69) is 15.3 Å². The van der Waals surface area contributed by atoms with E-state index in [1.165, 1.54) is 0 Å². The maximum atomic E-state index is 12.6. The minimum absolute atomic E-state index is 0.0509. The van der Waals surface area contributed by atoms with Gasteiger partial charge >= 0.3 is 0 Å². The summed E-state index contributed by atoms with van der Waals surface area (Å²) >= 11 is 0. The van der Waals surface area contributed by atoms with E-state index in [0.717, 1.165) is 5.69 Å². The van der Waals surface area contributed by atoms with Crippen molar-refractivity contribution in [1.82, 2.24) is 15.3 Å². The molecule has 0 aliphatic heterocycles. The first kappa shape index (κ1) is 17.6. The quantitative estimate of drug-likeness (QED) is 0.807. The topological polar surface area (TPSA) is 74.8 Å². The molecule has 0 bridgehead atoms. The van der Waals surface area contributed by atoms with E-state index in [1.807, 2.05) is 41.5 Å². The molecule has 1 heterocycles. The van der Waals surface area contributed by atoms with Crippen LogP contribution in [-0.2, 0) is 16.0 Å². The van der Waals surface area contributed by atoms with E-state index >= 15 is 0 Å². The van der Waals surface area contributed by atoms with Gasteiger partial charge in [-0.05, 0) is 6.92 Å². The van der Waals surface area contributed by atoms with Gasteiger partial charge in [-0.1, -0.05) is 34.6 Å². The number of hydrogen-bond acceptors (Lipinski definition) is 4. The molecule has 0 amide bonds. The lowest BCUT2D eigenvalue weighted by Crippen LogP contribution is -2.50. The zero-order valence-electron chi connectivity index (χ0n) is 13.9. The minimum Gasteiger partial charge on any atom is -0.348 e. The van der Waals surface area contributed by atoms with Crippen LogP contribution in [0.1, 0.15) is 47.2 Å². The molecule has 0 fully saturated rings. The zero-order chi connectivity index (χ0) is 16.2. The molecule has 2 N–H and O–H groups in total. The van der Waals surface area contributed by atoms with Crippen LogP contribution in [0.4, 0.5) is 0 Å². The van der Waals surface area contributed by atoms with Gasteiger partial charge in [0.2, 0.25) is 0 Å². The van der Waals surface area contributed by atoms with Gasteiger partial charge in [0, 0.05) is 29.6 Å². The van der Waals surface area contributed by atoms with Crippen LogP contribution in [0.25, 0.3) is 0 Å². The Kier molecular flexibility index (Phi) is 5.84. The second-order valence-corrected chi connectivity index (χ2v) is 6.89. The number of carbonyl (C=O) groups excluding carboxylic acids is 2. The van der Waals surface area contributed by atoms with Crippen molar-refractivity contribution in [3.63, 3.8) is 0 Å². The lowest BCUT2D eigenvalue weighted by Gasteiger charge is -2.28. The van der Waals surface area contributed by atoms with Crippen LogP contribution >= 0.6 is 0 Å². The van der Waals surface area contributed by atoms with Crippen LogP contribution in [0.3, 0.4) is 0 Å². The van der Waals surface area contributed by atoms with Crippen LogP contribution in [0, 0.1) is 11.3 Å². The minimum atomic E-state index is -0.460. The smallest absolute Gasteiger partial charge is 0.155 e. The first-order valence-electron chi connectivity index (χ1n) is 7.44. The summed E-state index contributed by atoms with van der Waals surface area (Å²) < 4.78 is 0. The number of aromatic amines is 1. The third-order valence-electron chi connectivity index (χ3n) is 3.48. The van der Waals surface area contributed by atoms with Crippen LogP contribution in [0.2, 0.25) is 0 Å². The zero-order valence-corrected chi connectivity index (χ0v) is 13.9. The Morgan fingerprint density at radius 1 is 1.29 bits per heavy atom. The monoisotopic (exact) mass is 293 g/mol. The van der Waals surface area contributed by atoms with Gasteiger partial charge in [-0.25, -0.2) is 4.98 Å². The number of imidazole rings is 1. The summed E-state index contributed by atoms with van der Waals surface area (Å²) in [6, 6.07) is -0.743. The largest absolute Gasteiger partial charge is 0.348 e. The van der Waals surface area contributed by atoms with Crippen molar-refractivity contribution in [3.05, 3.63) is 18.2 Å². The van der Waals surface area contributed by atoms with Gasteiger partial charge < -0.3 is 4.98 Å². The fourth-order valence-corrected chi connectivity index (χ4v) is 2.25. The number of carbonyl (C=O) groups is 2. The first-order chi connectivity index (χ1) is 9.62. The average Bonchev–Trinajstić information content (AvgIpc) is 2.87. The SMILES string of the molecule is CC(C)C(=O)C(C)N[C@@H](Cc1cnc[nH]1)C(=O)C(C)(C)C. The molecule has 1 aromatic heterocycles. The second-order valence-electron chi connectivity index (χ2n) is 6.89. The molecule has 0 saturated carbocycles. The van der Waals surface area contributed by atoms with Gasteiger partial charge in [-0.15, -0.1) is 0 Å². The highest BCUT2D eigenvalue weighted by Gasteiger charge is 2.32. The average molecular weight is 293 g/mol. The maximum absolute atomic E-state index is 12.6. The molecule has 5 nitrogen and oxygen atoms in total.